The zero-order valence-electron chi connectivity index (χ0n) is 11.2. The summed E-state index contributed by atoms with van der Waals surface area (Å²) in [6.07, 6.45) is -0.607. The van der Waals surface area contributed by atoms with Gasteiger partial charge in [-0.3, -0.25) is 4.79 Å². The van der Waals surface area contributed by atoms with Crippen LogP contribution in [0.25, 0.3) is 0 Å². The molecule has 0 radical (unpaired) electrons. The molecule has 0 saturated carbocycles. The van der Waals surface area contributed by atoms with Crippen LogP contribution < -0.4 is 16.1 Å². The number of carbonyl (C=O) groups excluding carboxylic acids is 1. The van der Waals surface area contributed by atoms with E-state index >= 15 is 0 Å². The first-order valence-electron chi connectivity index (χ1n) is 6.36. The van der Waals surface area contributed by atoms with E-state index in [-0.39, 0.29) is 18.5 Å². The maximum atomic E-state index is 12.2. The number of rotatable bonds is 4. The fraction of sp³-hybridized carbons (Fsp3) is 0.385. The third-order valence-corrected chi connectivity index (χ3v) is 3.42. The van der Waals surface area contributed by atoms with E-state index in [0.717, 1.165) is 5.69 Å². The van der Waals surface area contributed by atoms with Gasteiger partial charge in [0.05, 0.1) is 11.7 Å². The largest absolute Gasteiger partial charge is 0.465 e. The normalized spacial score (nSPS) is 23.1. The second kappa shape index (κ2) is 5.89. The lowest BCUT2D eigenvalue weighted by Gasteiger charge is -2.28. The second-order valence-electron chi connectivity index (χ2n) is 4.67. The van der Waals surface area contributed by atoms with Crippen molar-refractivity contribution in [3.8, 4) is 0 Å². The molecule has 4 N–H and O–H groups in total. The van der Waals surface area contributed by atoms with Crippen molar-refractivity contribution in [2.45, 2.75) is 18.5 Å². The van der Waals surface area contributed by atoms with Crippen LogP contribution in [0.1, 0.15) is 6.42 Å². The molecule has 2 amide bonds. The van der Waals surface area contributed by atoms with Crippen LogP contribution in [0.5, 0.6) is 0 Å². The number of para-hydroxylation sites is 1. The lowest BCUT2D eigenvalue weighted by molar-refractivity contribution is -0.118. The first-order chi connectivity index (χ1) is 9.52. The monoisotopic (exact) mass is 278 g/mol. The average Bonchev–Trinajstić information content (AvgIpc) is 2.63. The molecule has 7 nitrogen and oxygen atoms in total. The number of hydrogen-bond acceptors (Lipinski definition) is 4. The van der Waals surface area contributed by atoms with Gasteiger partial charge >= 0.3 is 6.09 Å². The molecule has 2 rings (SSSR count). The summed E-state index contributed by atoms with van der Waals surface area (Å²) in [5.41, 5.74) is 6.70. The zero-order chi connectivity index (χ0) is 14.7. The Morgan fingerprint density at radius 2 is 2.05 bits per heavy atom. The molecule has 7 heteroatoms. The van der Waals surface area contributed by atoms with Gasteiger partial charge in [0.15, 0.2) is 0 Å². The van der Waals surface area contributed by atoms with Gasteiger partial charge in [0, 0.05) is 13.6 Å². The first-order valence-corrected chi connectivity index (χ1v) is 6.36. The Balaban J connectivity index is 2.10. The smallest absolute Gasteiger partial charge is 0.404 e. The number of nitrogens with zero attached hydrogens (tertiary/aromatic N) is 2. The number of likely N-dealkylation sites (N-methyl/N-ethyl adjacent to an activating group) is 1. The Morgan fingerprint density at radius 3 is 2.65 bits per heavy atom. The van der Waals surface area contributed by atoms with E-state index in [4.69, 9.17) is 10.8 Å². The van der Waals surface area contributed by atoms with Crippen molar-refractivity contribution >= 4 is 17.7 Å². The molecule has 1 saturated heterocycles. The van der Waals surface area contributed by atoms with Gasteiger partial charge in [-0.1, -0.05) is 18.2 Å². The number of nitrogens with two attached hydrogens (primary N) is 1. The van der Waals surface area contributed by atoms with Gasteiger partial charge in [-0.15, -0.1) is 0 Å². The van der Waals surface area contributed by atoms with E-state index in [1.54, 1.807) is 12.1 Å². The summed E-state index contributed by atoms with van der Waals surface area (Å²) < 4.78 is 0. The molecule has 1 heterocycles. The number of amides is 2. The van der Waals surface area contributed by atoms with Crippen molar-refractivity contribution in [1.82, 2.24) is 10.3 Å². The topological polar surface area (TPSA) is 98.9 Å². The predicted molar refractivity (Wildman–Crippen MR) is 74.1 cm³/mol. The standard InChI is InChI=1S/C13H18N4O3/c1-16-10(7-8-15-13(19)20)11(14)12(18)17(16)9-5-3-2-4-6-9/h2-6,10-11,15H,7-8,14H2,1H3,(H,19,20). The lowest BCUT2D eigenvalue weighted by Crippen LogP contribution is -2.42. The summed E-state index contributed by atoms with van der Waals surface area (Å²) in [6, 6.07) is 8.35. The molecule has 2 atom stereocenters. The van der Waals surface area contributed by atoms with Crippen molar-refractivity contribution in [1.29, 1.82) is 0 Å². The highest BCUT2D eigenvalue weighted by Gasteiger charge is 2.42. The minimum atomic E-state index is -1.08. The van der Waals surface area contributed by atoms with Gasteiger partial charge in [-0.25, -0.2) is 14.8 Å². The summed E-state index contributed by atoms with van der Waals surface area (Å²) in [7, 11) is 1.78. The van der Waals surface area contributed by atoms with Crippen LogP contribution in [0.4, 0.5) is 10.5 Å². The quantitative estimate of drug-likeness (QED) is 0.732. The molecule has 2 unspecified atom stereocenters. The first kappa shape index (κ1) is 14.3. The van der Waals surface area contributed by atoms with Crippen molar-refractivity contribution in [2.75, 3.05) is 18.6 Å². The van der Waals surface area contributed by atoms with E-state index in [1.807, 2.05) is 30.3 Å². The molecule has 0 aliphatic carbocycles. The fourth-order valence-corrected chi connectivity index (χ4v) is 2.41. The van der Waals surface area contributed by atoms with Crippen molar-refractivity contribution < 1.29 is 14.7 Å². The second-order valence-corrected chi connectivity index (χ2v) is 4.67. The number of hydrogen-bond donors (Lipinski definition) is 3. The number of carboxylic acid groups (broad SMARTS) is 1. The summed E-state index contributed by atoms with van der Waals surface area (Å²) in [6.45, 7) is 0.258. The highest BCUT2D eigenvalue weighted by Crippen LogP contribution is 2.26. The van der Waals surface area contributed by atoms with E-state index in [9.17, 15) is 9.59 Å². The molecule has 0 bridgehead atoms. The molecule has 1 aliphatic rings. The number of carbonyl (C=O) groups is 2. The Kier molecular flexibility index (Phi) is 4.21. The average molecular weight is 278 g/mol. The predicted octanol–water partition coefficient (Wildman–Crippen LogP) is 0.234. The van der Waals surface area contributed by atoms with E-state index in [0.29, 0.717) is 6.42 Å². The Morgan fingerprint density at radius 1 is 1.40 bits per heavy atom. The highest BCUT2D eigenvalue weighted by atomic mass is 16.4. The fourth-order valence-electron chi connectivity index (χ4n) is 2.41. The SMILES string of the molecule is CN1C(CCNC(=O)O)C(N)C(=O)N1c1ccccc1. The number of benzene rings is 1. The molecule has 1 fully saturated rings. The maximum absolute atomic E-state index is 12.2. The zero-order valence-corrected chi connectivity index (χ0v) is 11.2. The number of hydrazine groups is 1. The van der Waals surface area contributed by atoms with Crippen molar-refractivity contribution in [3.05, 3.63) is 30.3 Å². The lowest BCUT2D eigenvalue weighted by atomic mass is 10.1. The van der Waals surface area contributed by atoms with Crippen molar-refractivity contribution in [2.24, 2.45) is 5.73 Å². The van der Waals surface area contributed by atoms with E-state index < -0.39 is 12.1 Å². The van der Waals surface area contributed by atoms with Gasteiger partial charge < -0.3 is 16.2 Å². The Labute approximate surface area is 116 Å². The van der Waals surface area contributed by atoms with Gasteiger partial charge in [0.1, 0.15) is 6.04 Å². The Hall–Kier alpha value is -2.12. The van der Waals surface area contributed by atoms with Crippen LogP contribution in [0, 0.1) is 0 Å². The molecule has 1 aromatic rings. The van der Waals surface area contributed by atoms with Gasteiger partial charge in [0.2, 0.25) is 0 Å². The molecule has 1 aromatic carbocycles. The molecular weight excluding hydrogens is 260 g/mol. The number of anilines is 1. The van der Waals surface area contributed by atoms with Gasteiger partial charge in [0.25, 0.3) is 5.91 Å². The van der Waals surface area contributed by atoms with Crippen molar-refractivity contribution in [3.63, 3.8) is 0 Å². The maximum Gasteiger partial charge on any atom is 0.404 e. The third-order valence-electron chi connectivity index (χ3n) is 3.42. The van der Waals surface area contributed by atoms with Crippen LogP contribution >= 0.6 is 0 Å². The summed E-state index contributed by atoms with van der Waals surface area (Å²) in [5, 5.41) is 14.2. The summed E-state index contributed by atoms with van der Waals surface area (Å²) in [5.74, 6) is -0.181. The van der Waals surface area contributed by atoms with Crippen LogP contribution in [0.2, 0.25) is 0 Å². The molecule has 0 aromatic heterocycles. The molecule has 20 heavy (non-hydrogen) atoms. The summed E-state index contributed by atoms with van der Waals surface area (Å²) in [4.78, 5) is 22.7. The summed E-state index contributed by atoms with van der Waals surface area (Å²) >= 11 is 0. The molecular formula is C13H18N4O3. The minimum absolute atomic E-state index is 0.181. The van der Waals surface area contributed by atoms with Crippen LogP contribution in [-0.4, -0.2) is 47.8 Å². The van der Waals surface area contributed by atoms with Crippen LogP contribution in [0.3, 0.4) is 0 Å². The Bertz CT molecular complexity index is 494. The number of nitrogens with one attached hydrogen (secondary N) is 1. The molecule has 108 valence electrons. The van der Waals surface area contributed by atoms with Crippen LogP contribution in [-0.2, 0) is 4.79 Å². The van der Waals surface area contributed by atoms with Crippen LogP contribution in [0.15, 0.2) is 30.3 Å². The molecule has 1 aliphatic heterocycles. The minimum Gasteiger partial charge on any atom is -0.465 e. The van der Waals surface area contributed by atoms with E-state index in [1.165, 1.54) is 5.01 Å². The van der Waals surface area contributed by atoms with Gasteiger partial charge in [-0.2, -0.15) is 0 Å². The van der Waals surface area contributed by atoms with Gasteiger partial charge in [-0.05, 0) is 18.6 Å². The highest BCUT2D eigenvalue weighted by molar-refractivity contribution is 5.99. The van der Waals surface area contributed by atoms with E-state index in [2.05, 4.69) is 5.32 Å². The third kappa shape index (κ3) is 2.73. The molecule has 0 spiro atoms.